The first kappa shape index (κ1) is 37.1. The smallest absolute Gasteiger partial charge is 0.408 e. The second-order valence-electron chi connectivity index (χ2n) is 14.2. The van der Waals surface area contributed by atoms with Gasteiger partial charge < -0.3 is 25.0 Å². The minimum absolute atomic E-state index is 0.111. The number of piperidine rings is 1. The lowest BCUT2D eigenvalue weighted by atomic mass is 9.73. The maximum Gasteiger partial charge on any atom is 0.408 e. The fourth-order valence-corrected chi connectivity index (χ4v) is 6.29. The Labute approximate surface area is 288 Å². The zero-order valence-electron chi connectivity index (χ0n) is 29.6. The van der Waals surface area contributed by atoms with Gasteiger partial charge in [0.05, 0.1) is 17.9 Å². The molecule has 0 spiro atoms. The lowest BCUT2D eigenvalue weighted by Crippen LogP contribution is -2.62. The molecular formula is C37H49N5O7. The first-order valence-corrected chi connectivity index (χ1v) is 16.8. The van der Waals surface area contributed by atoms with Crippen LogP contribution in [-0.4, -0.2) is 89.3 Å². The van der Waals surface area contributed by atoms with Crippen LogP contribution < -0.4 is 10.6 Å². The van der Waals surface area contributed by atoms with Crippen molar-refractivity contribution in [2.75, 3.05) is 26.7 Å². The van der Waals surface area contributed by atoms with Crippen LogP contribution in [0.1, 0.15) is 82.3 Å². The molecular weight excluding hydrogens is 626 g/mol. The third-order valence-electron chi connectivity index (χ3n) is 8.70. The highest BCUT2D eigenvalue weighted by Crippen LogP contribution is 2.38. The van der Waals surface area contributed by atoms with Crippen molar-refractivity contribution in [2.24, 2.45) is 10.5 Å². The Bertz CT molecular complexity index is 1580. The van der Waals surface area contributed by atoms with Gasteiger partial charge in [0.15, 0.2) is 0 Å². The van der Waals surface area contributed by atoms with E-state index in [1.807, 2.05) is 42.5 Å². The van der Waals surface area contributed by atoms with Gasteiger partial charge in [-0.15, -0.1) is 0 Å². The van der Waals surface area contributed by atoms with Crippen molar-refractivity contribution in [3.05, 3.63) is 71.3 Å². The SMILES string of the molecule is CCOC(=O)c1ccccc1CCCC(NC(=O)C(C)(C)NC(=O)OC(C)(C)C)C(=O)N1CCC2=NN(C)C(=O)C2(Cc2ccccc2)C1. The summed E-state index contributed by atoms with van der Waals surface area (Å²) in [6, 6.07) is 15.8. The molecule has 2 aromatic rings. The molecule has 2 aliphatic heterocycles. The number of rotatable bonds is 12. The molecule has 0 aliphatic carbocycles. The predicted octanol–water partition coefficient (Wildman–Crippen LogP) is 4.26. The van der Waals surface area contributed by atoms with Gasteiger partial charge in [-0.25, -0.2) is 14.6 Å². The van der Waals surface area contributed by atoms with Crippen LogP contribution in [-0.2, 0) is 36.7 Å². The topological polar surface area (TPSA) is 147 Å². The summed E-state index contributed by atoms with van der Waals surface area (Å²) in [4.78, 5) is 68.6. The highest BCUT2D eigenvalue weighted by Gasteiger charge is 2.54. The molecule has 0 aromatic heterocycles. The Morgan fingerprint density at radius 1 is 1.00 bits per heavy atom. The van der Waals surface area contributed by atoms with E-state index in [-0.39, 0.29) is 31.4 Å². The van der Waals surface area contributed by atoms with E-state index >= 15 is 0 Å². The summed E-state index contributed by atoms with van der Waals surface area (Å²) in [5, 5.41) is 11.4. The van der Waals surface area contributed by atoms with Gasteiger partial charge >= 0.3 is 12.1 Å². The van der Waals surface area contributed by atoms with Crippen molar-refractivity contribution >= 4 is 35.5 Å². The Balaban J connectivity index is 1.58. The van der Waals surface area contributed by atoms with Crippen LogP contribution in [0.5, 0.6) is 0 Å². The number of nitrogens with zero attached hydrogens (tertiary/aromatic N) is 3. The molecule has 4 amide bonds. The highest BCUT2D eigenvalue weighted by atomic mass is 16.6. The van der Waals surface area contributed by atoms with Gasteiger partial charge in [-0.05, 0) is 84.4 Å². The van der Waals surface area contributed by atoms with Gasteiger partial charge in [0.1, 0.15) is 22.6 Å². The van der Waals surface area contributed by atoms with Crippen molar-refractivity contribution in [3.8, 4) is 0 Å². The number of carbonyl (C=O) groups excluding carboxylic acids is 5. The van der Waals surface area contributed by atoms with E-state index in [1.54, 1.807) is 51.8 Å². The number of carbonyl (C=O) groups is 5. The number of benzene rings is 2. The van der Waals surface area contributed by atoms with Crippen molar-refractivity contribution in [2.45, 2.75) is 90.8 Å². The molecule has 2 unspecified atom stereocenters. The summed E-state index contributed by atoms with van der Waals surface area (Å²) in [6.45, 7) is 10.7. The maximum absolute atomic E-state index is 14.4. The monoisotopic (exact) mass is 675 g/mol. The minimum Gasteiger partial charge on any atom is -0.462 e. The molecule has 12 heteroatoms. The Morgan fingerprint density at radius 2 is 1.67 bits per heavy atom. The Morgan fingerprint density at radius 3 is 2.35 bits per heavy atom. The van der Waals surface area contributed by atoms with E-state index < -0.39 is 40.6 Å². The summed E-state index contributed by atoms with van der Waals surface area (Å²) in [5.74, 6) is -1.51. The average molecular weight is 676 g/mol. The van der Waals surface area contributed by atoms with Crippen molar-refractivity contribution in [1.82, 2.24) is 20.5 Å². The number of ether oxygens (including phenoxy) is 2. The predicted molar refractivity (Wildman–Crippen MR) is 185 cm³/mol. The molecule has 2 N–H and O–H groups in total. The molecule has 2 atom stereocenters. The fourth-order valence-electron chi connectivity index (χ4n) is 6.29. The van der Waals surface area contributed by atoms with E-state index in [9.17, 15) is 24.0 Å². The third-order valence-corrected chi connectivity index (χ3v) is 8.70. The number of likely N-dealkylation sites (tertiary alicyclic amines) is 1. The van der Waals surface area contributed by atoms with Crippen molar-refractivity contribution in [3.63, 3.8) is 0 Å². The van der Waals surface area contributed by atoms with Crippen LogP contribution in [0.25, 0.3) is 0 Å². The number of alkyl carbamates (subject to hydrolysis) is 1. The minimum atomic E-state index is -1.42. The molecule has 12 nitrogen and oxygen atoms in total. The lowest BCUT2D eigenvalue weighted by Gasteiger charge is -2.41. The van der Waals surface area contributed by atoms with Crippen LogP contribution in [0.15, 0.2) is 59.7 Å². The highest BCUT2D eigenvalue weighted by molar-refractivity contribution is 6.13. The molecule has 4 rings (SSSR count). The number of hydrazone groups is 1. The van der Waals surface area contributed by atoms with Crippen LogP contribution in [0, 0.1) is 5.41 Å². The Kier molecular flexibility index (Phi) is 11.5. The number of hydrogen-bond acceptors (Lipinski definition) is 8. The van der Waals surface area contributed by atoms with Gasteiger partial charge in [0, 0.05) is 26.6 Å². The van der Waals surface area contributed by atoms with E-state index in [1.165, 1.54) is 18.9 Å². The van der Waals surface area contributed by atoms with Crippen LogP contribution >= 0.6 is 0 Å². The summed E-state index contributed by atoms with van der Waals surface area (Å²) in [5.41, 5.74) is -0.293. The molecule has 2 aromatic carbocycles. The van der Waals surface area contributed by atoms with Crippen molar-refractivity contribution < 1.29 is 33.4 Å². The zero-order chi connectivity index (χ0) is 36.0. The number of hydrogen-bond donors (Lipinski definition) is 2. The first-order chi connectivity index (χ1) is 23.1. The largest absolute Gasteiger partial charge is 0.462 e. The zero-order valence-corrected chi connectivity index (χ0v) is 29.6. The molecule has 2 heterocycles. The first-order valence-electron chi connectivity index (χ1n) is 16.8. The summed E-state index contributed by atoms with van der Waals surface area (Å²) in [7, 11) is 1.63. The Hall–Kier alpha value is -4.74. The molecule has 49 heavy (non-hydrogen) atoms. The van der Waals surface area contributed by atoms with E-state index in [0.717, 1.165) is 16.8 Å². The molecule has 1 saturated heterocycles. The van der Waals surface area contributed by atoms with Gasteiger partial charge in [0.2, 0.25) is 11.8 Å². The lowest BCUT2D eigenvalue weighted by molar-refractivity contribution is -0.142. The fraction of sp³-hybridized carbons (Fsp3) is 0.514. The summed E-state index contributed by atoms with van der Waals surface area (Å²) in [6.07, 6.45) is 1.17. The van der Waals surface area contributed by atoms with Gasteiger partial charge in [0.25, 0.3) is 5.91 Å². The number of aryl methyl sites for hydroxylation is 1. The van der Waals surface area contributed by atoms with Gasteiger partial charge in [-0.1, -0.05) is 48.5 Å². The molecule has 2 aliphatic rings. The van der Waals surface area contributed by atoms with E-state index in [0.29, 0.717) is 37.8 Å². The summed E-state index contributed by atoms with van der Waals surface area (Å²) < 4.78 is 10.6. The maximum atomic E-state index is 14.4. The van der Waals surface area contributed by atoms with E-state index in [4.69, 9.17) is 9.47 Å². The van der Waals surface area contributed by atoms with Crippen LogP contribution in [0.2, 0.25) is 0 Å². The van der Waals surface area contributed by atoms with Gasteiger partial charge in [-0.3, -0.25) is 14.4 Å². The molecule has 0 radical (unpaired) electrons. The van der Waals surface area contributed by atoms with Crippen LogP contribution in [0.4, 0.5) is 4.79 Å². The quantitative estimate of drug-likeness (QED) is 0.320. The second kappa shape index (κ2) is 15.2. The van der Waals surface area contributed by atoms with Crippen molar-refractivity contribution in [1.29, 1.82) is 0 Å². The van der Waals surface area contributed by atoms with Gasteiger partial charge in [-0.2, -0.15) is 5.10 Å². The molecule has 264 valence electrons. The normalized spacial score (nSPS) is 18.3. The standard InChI is InChI=1S/C37H49N5O7/c1-8-48-31(44)27-19-13-12-17-26(27)18-14-20-28(38-32(45)36(5,6)39-34(47)49-35(2,3)4)30(43)42-22-21-29-37(24-42,33(46)41(7)40-29)23-25-15-10-9-11-16-25/h9-13,15-17,19,28H,8,14,18,20-24H2,1-7H3,(H,38,45)(H,39,47). The molecule has 0 bridgehead atoms. The second-order valence-corrected chi connectivity index (χ2v) is 14.2. The third kappa shape index (κ3) is 9.04. The number of amides is 4. The number of esters is 1. The number of fused-ring (bicyclic) bond motifs is 1. The summed E-state index contributed by atoms with van der Waals surface area (Å²) >= 11 is 0. The van der Waals surface area contributed by atoms with E-state index in [2.05, 4.69) is 15.7 Å². The average Bonchev–Trinajstić information content (AvgIpc) is 3.27. The molecule has 0 saturated carbocycles. The van der Waals surface area contributed by atoms with Crippen LogP contribution in [0.3, 0.4) is 0 Å². The molecule has 1 fully saturated rings. The number of nitrogens with one attached hydrogen (secondary N) is 2.